The summed E-state index contributed by atoms with van der Waals surface area (Å²) < 4.78 is 0. The standard InChI is InChI=1S/C19H22N2OS2/c1-11-16(24-18(20-11)15-2-3-23-10-15)17(22)21-19-7-12-4-13(8-19)6-14(5-12)9-19/h2-3,10,12-14H,4-9H2,1H3,(H,21,22). The Labute approximate surface area is 150 Å². The summed E-state index contributed by atoms with van der Waals surface area (Å²) in [5, 5.41) is 8.59. The van der Waals surface area contributed by atoms with Crippen LogP contribution in [0.5, 0.6) is 0 Å². The minimum Gasteiger partial charge on any atom is -0.346 e. The fourth-order valence-corrected chi connectivity index (χ4v) is 7.35. The molecule has 126 valence electrons. The summed E-state index contributed by atoms with van der Waals surface area (Å²) in [6.45, 7) is 1.96. The molecule has 2 aromatic heterocycles. The van der Waals surface area contributed by atoms with Gasteiger partial charge in [-0.1, -0.05) is 0 Å². The molecule has 0 spiro atoms. The first-order chi connectivity index (χ1) is 11.6. The van der Waals surface area contributed by atoms with Crippen molar-refractivity contribution in [3.63, 3.8) is 0 Å². The number of carbonyl (C=O) groups excluding carboxylic acids is 1. The lowest BCUT2D eigenvalue weighted by atomic mass is 9.53. The van der Waals surface area contributed by atoms with Crippen molar-refractivity contribution in [2.75, 3.05) is 0 Å². The third-order valence-electron chi connectivity index (χ3n) is 6.19. The fraction of sp³-hybridized carbons (Fsp3) is 0.579. The van der Waals surface area contributed by atoms with Crippen molar-refractivity contribution in [2.24, 2.45) is 17.8 Å². The Morgan fingerprint density at radius 3 is 2.46 bits per heavy atom. The summed E-state index contributed by atoms with van der Waals surface area (Å²) in [6, 6.07) is 2.07. The summed E-state index contributed by atoms with van der Waals surface area (Å²) in [5.41, 5.74) is 2.07. The maximum atomic E-state index is 13.0. The molecule has 1 amide bonds. The van der Waals surface area contributed by atoms with Gasteiger partial charge in [-0.25, -0.2) is 4.98 Å². The Kier molecular flexibility index (Phi) is 3.39. The molecule has 24 heavy (non-hydrogen) atoms. The highest BCUT2D eigenvalue weighted by Gasteiger charge is 2.51. The number of carbonyl (C=O) groups is 1. The van der Waals surface area contributed by atoms with Crippen LogP contribution < -0.4 is 5.32 Å². The summed E-state index contributed by atoms with van der Waals surface area (Å²) in [6.07, 6.45) is 7.78. The largest absolute Gasteiger partial charge is 0.346 e. The zero-order chi connectivity index (χ0) is 16.3. The number of amides is 1. The van der Waals surface area contributed by atoms with Crippen LogP contribution in [0.1, 0.15) is 53.9 Å². The van der Waals surface area contributed by atoms with Crippen molar-refractivity contribution >= 4 is 28.6 Å². The van der Waals surface area contributed by atoms with E-state index in [1.54, 1.807) is 11.3 Å². The number of aryl methyl sites for hydroxylation is 1. The van der Waals surface area contributed by atoms with Gasteiger partial charge in [0, 0.05) is 16.5 Å². The second-order valence-electron chi connectivity index (χ2n) is 8.10. The number of rotatable bonds is 3. The van der Waals surface area contributed by atoms with Gasteiger partial charge in [0.15, 0.2) is 0 Å². The smallest absolute Gasteiger partial charge is 0.263 e. The molecule has 0 aliphatic heterocycles. The van der Waals surface area contributed by atoms with Crippen LogP contribution in [0.15, 0.2) is 16.8 Å². The number of thiazole rings is 1. The Balaban J connectivity index is 1.39. The lowest BCUT2D eigenvalue weighted by Gasteiger charge is -2.56. The van der Waals surface area contributed by atoms with Crippen LogP contribution in [0.25, 0.3) is 10.6 Å². The maximum Gasteiger partial charge on any atom is 0.263 e. The molecule has 0 atom stereocenters. The molecule has 2 aromatic rings. The molecule has 4 saturated carbocycles. The van der Waals surface area contributed by atoms with Crippen molar-refractivity contribution in [3.05, 3.63) is 27.4 Å². The van der Waals surface area contributed by atoms with Gasteiger partial charge in [0.05, 0.1) is 5.69 Å². The van der Waals surface area contributed by atoms with E-state index in [4.69, 9.17) is 0 Å². The minimum absolute atomic E-state index is 0.0742. The highest BCUT2D eigenvalue weighted by Crippen LogP contribution is 2.55. The van der Waals surface area contributed by atoms with Crippen molar-refractivity contribution in [1.29, 1.82) is 0 Å². The van der Waals surface area contributed by atoms with Crippen LogP contribution in [0, 0.1) is 24.7 Å². The topological polar surface area (TPSA) is 42.0 Å². The summed E-state index contributed by atoms with van der Waals surface area (Å²) in [5.74, 6) is 2.65. The van der Waals surface area contributed by atoms with Crippen molar-refractivity contribution in [3.8, 4) is 10.6 Å². The third kappa shape index (κ3) is 2.44. The first kappa shape index (κ1) is 15.1. The van der Waals surface area contributed by atoms with Crippen LogP contribution in [-0.2, 0) is 0 Å². The van der Waals surface area contributed by atoms with E-state index in [9.17, 15) is 4.79 Å². The molecule has 5 heteroatoms. The van der Waals surface area contributed by atoms with E-state index in [-0.39, 0.29) is 11.4 Å². The molecule has 4 bridgehead atoms. The Hall–Kier alpha value is -1.20. The quantitative estimate of drug-likeness (QED) is 0.850. The lowest BCUT2D eigenvalue weighted by Crippen LogP contribution is -2.59. The van der Waals surface area contributed by atoms with Gasteiger partial charge in [0.1, 0.15) is 9.88 Å². The summed E-state index contributed by atoms with van der Waals surface area (Å²) >= 11 is 3.21. The van der Waals surface area contributed by atoms with Crippen molar-refractivity contribution in [2.45, 2.75) is 51.0 Å². The van der Waals surface area contributed by atoms with E-state index in [2.05, 4.69) is 27.1 Å². The number of thiophene rings is 1. The van der Waals surface area contributed by atoms with E-state index in [0.29, 0.717) is 0 Å². The number of hydrogen-bond donors (Lipinski definition) is 1. The van der Waals surface area contributed by atoms with Gasteiger partial charge < -0.3 is 5.32 Å². The highest BCUT2D eigenvalue weighted by molar-refractivity contribution is 7.17. The summed E-state index contributed by atoms with van der Waals surface area (Å²) in [4.78, 5) is 18.4. The Bertz CT molecular complexity index is 742. The van der Waals surface area contributed by atoms with Gasteiger partial charge in [-0.3, -0.25) is 4.79 Å². The second-order valence-corrected chi connectivity index (χ2v) is 9.88. The molecule has 0 saturated heterocycles. The fourth-order valence-electron chi connectivity index (χ4n) is 5.68. The number of nitrogens with one attached hydrogen (secondary N) is 1. The number of nitrogens with zero attached hydrogens (tertiary/aromatic N) is 1. The average molecular weight is 359 g/mol. The first-order valence-electron chi connectivity index (χ1n) is 8.93. The van der Waals surface area contributed by atoms with Crippen molar-refractivity contribution in [1.82, 2.24) is 10.3 Å². The SMILES string of the molecule is Cc1nc(-c2ccsc2)sc1C(=O)NC12CC3CC(CC(C3)C1)C2. The second kappa shape index (κ2) is 5.40. The van der Waals surface area contributed by atoms with Gasteiger partial charge in [-0.15, -0.1) is 11.3 Å². The molecule has 3 nitrogen and oxygen atoms in total. The van der Waals surface area contributed by atoms with Crippen LogP contribution in [0.2, 0.25) is 0 Å². The van der Waals surface area contributed by atoms with Gasteiger partial charge in [0.25, 0.3) is 5.91 Å². The maximum absolute atomic E-state index is 13.0. The third-order valence-corrected chi connectivity index (χ3v) is 8.08. The van der Waals surface area contributed by atoms with E-state index in [1.807, 2.05) is 6.92 Å². The van der Waals surface area contributed by atoms with E-state index in [0.717, 1.165) is 38.9 Å². The van der Waals surface area contributed by atoms with Gasteiger partial charge >= 0.3 is 0 Å². The molecule has 6 rings (SSSR count). The van der Waals surface area contributed by atoms with Crippen LogP contribution >= 0.6 is 22.7 Å². The predicted octanol–water partition coefficient (Wildman–Crippen LogP) is 4.88. The molecule has 1 N–H and O–H groups in total. The Morgan fingerprint density at radius 1 is 1.21 bits per heavy atom. The first-order valence-corrected chi connectivity index (χ1v) is 10.7. The highest BCUT2D eigenvalue weighted by atomic mass is 32.1. The normalized spacial score (nSPS) is 33.8. The number of aromatic nitrogens is 1. The van der Waals surface area contributed by atoms with Crippen LogP contribution in [0.4, 0.5) is 0 Å². The molecule has 4 aliphatic rings. The Morgan fingerprint density at radius 2 is 1.88 bits per heavy atom. The molecule has 2 heterocycles. The van der Waals surface area contributed by atoms with E-state index >= 15 is 0 Å². The summed E-state index contributed by atoms with van der Waals surface area (Å²) in [7, 11) is 0. The average Bonchev–Trinajstić information content (AvgIpc) is 3.14. The van der Waals surface area contributed by atoms with Crippen molar-refractivity contribution < 1.29 is 4.79 Å². The minimum atomic E-state index is 0.0742. The molecule has 0 unspecified atom stereocenters. The monoisotopic (exact) mass is 358 g/mol. The van der Waals surface area contributed by atoms with Crippen LogP contribution in [0.3, 0.4) is 0 Å². The van der Waals surface area contributed by atoms with Gasteiger partial charge in [0.2, 0.25) is 0 Å². The molecular weight excluding hydrogens is 336 g/mol. The zero-order valence-electron chi connectivity index (χ0n) is 13.9. The van der Waals surface area contributed by atoms with Crippen LogP contribution in [-0.4, -0.2) is 16.4 Å². The predicted molar refractivity (Wildman–Crippen MR) is 98.5 cm³/mol. The number of hydrogen-bond acceptors (Lipinski definition) is 4. The van der Waals surface area contributed by atoms with Gasteiger partial charge in [-0.2, -0.15) is 11.3 Å². The molecular formula is C19H22N2OS2. The lowest BCUT2D eigenvalue weighted by molar-refractivity contribution is -0.0166. The molecule has 4 fully saturated rings. The van der Waals surface area contributed by atoms with E-state index in [1.165, 1.54) is 49.9 Å². The van der Waals surface area contributed by atoms with E-state index < -0.39 is 0 Å². The zero-order valence-corrected chi connectivity index (χ0v) is 15.5. The molecule has 4 aliphatic carbocycles. The van der Waals surface area contributed by atoms with Gasteiger partial charge in [-0.05, 0) is 74.6 Å². The molecule has 0 radical (unpaired) electrons. The molecule has 0 aromatic carbocycles.